The molecule has 0 aliphatic carbocycles. The molecule has 0 saturated carbocycles. The zero-order valence-corrected chi connectivity index (χ0v) is 52.5. The Morgan fingerprint density at radius 3 is 1.14 bits per heavy atom. The second-order valence-corrected chi connectivity index (χ2v) is 24.5. The summed E-state index contributed by atoms with van der Waals surface area (Å²) in [6, 6.07) is -0.823. The monoisotopic (exact) mass is 1110 g/mol. The zero-order valence-electron chi connectivity index (χ0n) is 51.6. The van der Waals surface area contributed by atoms with Gasteiger partial charge in [0, 0.05) is 6.42 Å². The second kappa shape index (κ2) is 59.1. The minimum absolute atomic E-state index is 0.00202. The summed E-state index contributed by atoms with van der Waals surface area (Å²) in [5.41, 5.74) is 0. The van der Waals surface area contributed by atoms with Crippen molar-refractivity contribution in [3.05, 3.63) is 97.2 Å². The van der Waals surface area contributed by atoms with Crippen LogP contribution in [0.25, 0.3) is 0 Å². The van der Waals surface area contributed by atoms with E-state index in [9.17, 15) is 19.4 Å². The van der Waals surface area contributed by atoms with Crippen LogP contribution >= 0.6 is 7.82 Å². The van der Waals surface area contributed by atoms with Crippen LogP contribution in [0.5, 0.6) is 0 Å². The number of aliphatic hydroxyl groups is 1. The van der Waals surface area contributed by atoms with Crippen LogP contribution in [0, 0.1) is 0 Å². The molecule has 0 spiro atoms. The Labute approximate surface area is 483 Å². The Balaban J connectivity index is 4.19. The molecule has 0 fully saturated rings. The molecule has 0 heterocycles. The third-order valence-electron chi connectivity index (χ3n) is 14.3. The maximum Gasteiger partial charge on any atom is 0.268 e. The fourth-order valence-electron chi connectivity index (χ4n) is 9.29. The Morgan fingerprint density at radius 2 is 0.782 bits per heavy atom. The number of phosphoric acid groups is 1. The second-order valence-electron chi connectivity index (χ2n) is 23.1. The molecule has 0 aromatic heterocycles. The highest BCUT2D eigenvalue weighted by Crippen LogP contribution is 2.38. The largest absolute Gasteiger partial charge is 0.756 e. The van der Waals surface area contributed by atoms with Gasteiger partial charge in [-0.1, -0.05) is 297 Å². The number of phosphoric ester groups is 1. The number of allylic oxidation sites excluding steroid dienone is 16. The molecule has 3 unspecified atom stereocenters. The Hall–Kier alpha value is -2.58. The quantitative estimate of drug-likeness (QED) is 0.0272. The summed E-state index contributed by atoms with van der Waals surface area (Å²) < 4.78 is 23.5. The van der Waals surface area contributed by atoms with E-state index >= 15 is 0 Å². The summed E-state index contributed by atoms with van der Waals surface area (Å²) in [5, 5.41) is 14.1. The van der Waals surface area contributed by atoms with E-state index in [0.29, 0.717) is 23.9 Å². The molecule has 0 saturated heterocycles. The maximum atomic E-state index is 13.0. The number of quaternary nitrogens is 1. The predicted molar refractivity (Wildman–Crippen MR) is 339 cm³/mol. The summed E-state index contributed by atoms with van der Waals surface area (Å²) in [6.07, 6.45) is 84.6. The third-order valence-corrected chi connectivity index (χ3v) is 15.3. The summed E-state index contributed by atoms with van der Waals surface area (Å²) in [5.74, 6) is -0.190. The Bertz CT molecular complexity index is 1590. The molecule has 0 aromatic carbocycles. The van der Waals surface area contributed by atoms with Crippen molar-refractivity contribution in [3.63, 3.8) is 0 Å². The Kier molecular flexibility index (Phi) is 57.1. The smallest absolute Gasteiger partial charge is 0.268 e. The number of likely N-dealkylation sites (N-methyl/N-ethyl adjacent to an activating group) is 1. The van der Waals surface area contributed by atoms with Gasteiger partial charge in [0.1, 0.15) is 13.2 Å². The van der Waals surface area contributed by atoms with Gasteiger partial charge in [0.15, 0.2) is 0 Å². The third kappa shape index (κ3) is 61.0. The average Bonchev–Trinajstić information content (AvgIpc) is 3.41. The van der Waals surface area contributed by atoms with Crippen molar-refractivity contribution in [2.75, 3.05) is 40.9 Å². The van der Waals surface area contributed by atoms with Crippen molar-refractivity contribution in [3.8, 4) is 0 Å². The van der Waals surface area contributed by atoms with Crippen molar-refractivity contribution in [2.45, 2.75) is 296 Å². The van der Waals surface area contributed by atoms with Crippen molar-refractivity contribution in [1.29, 1.82) is 0 Å². The molecule has 0 aliphatic rings. The van der Waals surface area contributed by atoms with E-state index in [0.717, 1.165) is 103 Å². The summed E-state index contributed by atoms with van der Waals surface area (Å²) in [6.45, 7) is 4.61. The van der Waals surface area contributed by atoms with Gasteiger partial charge in [-0.25, -0.2) is 0 Å². The summed E-state index contributed by atoms with van der Waals surface area (Å²) in [4.78, 5) is 25.6. The Morgan fingerprint density at radius 1 is 0.462 bits per heavy atom. The molecular weight excluding hydrogens is 984 g/mol. The van der Waals surface area contributed by atoms with Crippen LogP contribution in [-0.2, 0) is 18.4 Å². The fourth-order valence-corrected chi connectivity index (χ4v) is 10.0. The number of hydrogen-bond acceptors (Lipinski definition) is 6. The lowest BCUT2D eigenvalue weighted by molar-refractivity contribution is -0.870. The first-order chi connectivity index (χ1) is 38.0. The molecule has 0 bridgehead atoms. The molecule has 9 heteroatoms. The van der Waals surface area contributed by atoms with E-state index < -0.39 is 20.0 Å². The number of carbonyl (C=O) groups excluding carboxylic acids is 1. The van der Waals surface area contributed by atoms with E-state index in [1.54, 1.807) is 0 Å². The molecule has 0 aliphatic heterocycles. The molecule has 0 rings (SSSR count). The van der Waals surface area contributed by atoms with E-state index in [2.05, 4.69) is 116 Å². The number of carbonyl (C=O) groups is 1. The van der Waals surface area contributed by atoms with Crippen molar-refractivity contribution in [1.82, 2.24) is 5.32 Å². The minimum Gasteiger partial charge on any atom is -0.756 e. The van der Waals surface area contributed by atoms with Crippen molar-refractivity contribution >= 4 is 13.7 Å². The van der Waals surface area contributed by atoms with Gasteiger partial charge >= 0.3 is 0 Å². The number of nitrogens with zero attached hydrogens (tertiary/aromatic N) is 1. The van der Waals surface area contributed by atoms with Gasteiger partial charge in [0.25, 0.3) is 7.82 Å². The van der Waals surface area contributed by atoms with Crippen molar-refractivity contribution in [2.24, 2.45) is 0 Å². The highest BCUT2D eigenvalue weighted by atomic mass is 31.2. The van der Waals surface area contributed by atoms with E-state index in [4.69, 9.17) is 9.05 Å². The molecule has 3 atom stereocenters. The zero-order chi connectivity index (χ0) is 57.0. The maximum absolute atomic E-state index is 13.0. The molecule has 78 heavy (non-hydrogen) atoms. The van der Waals surface area contributed by atoms with Gasteiger partial charge in [-0.2, -0.15) is 0 Å². The first kappa shape index (κ1) is 75.4. The summed E-state index contributed by atoms with van der Waals surface area (Å²) >= 11 is 0. The lowest BCUT2D eigenvalue weighted by Crippen LogP contribution is -2.46. The minimum atomic E-state index is -4.59. The van der Waals surface area contributed by atoms with Gasteiger partial charge in [-0.3, -0.25) is 9.36 Å². The van der Waals surface area contributed by atoms with E-state index in [1.807, 2.05) is 21.1 Å². The number of nitrogens with one attached hydrogen (secondary N) is 1. The standard InChI is InChI=1S/C69H125N2O6P/c1-6-8-10-12-14-16-18-20-22-24-26-28-30-32-34-35-37-39-41-43-45-47-49-51-53-55-57-59-61-63-69(73)70-67(66-77-78(74,75)76-65-64-71(3,4)5)68(72)62-60-58-56-54-52-50-48-46-44-42-40-38-36-33-31-29-27-25-23-21-19-17-15-13-11-9-7-2/h8,10,14,16,20,22,26,28,32,34,37,39,43,45,49,51,67-68,72H,6-7,9,11-13,15,17-19,21,23-25,27,29-31,33,35-36,38,40-42,44,46-48,50,52-66H2,1-5H3,(H-,70,73,74,75)/b10-8-,16-14-,22-20-,28-26-,34-32-,39-37-,45-43-,51-49-. The van der Waals surface area contributed by atoms with Crippen molar-refractivity contribution < 1.29 is 32.9 Å². The number of hydrogen-bond donors (Lipinski definition) is 2. The van der Waals surface area contributed by atoms with Crippen LogP contribution < -0.4 is 10.2 Å². The van der Waals surface area contributed by atoms with Crippen LogP contribution in [0.3, 0.4) is 0 Å². The van der Waals surface area contributed by atoms with Crippen LogP contribution in [0.1, 0.15) is 284 Å². The van der Waals surface area contributed by atoms with Crippen LogP contribution in [0.2, 0.25) is 0 Å². The number of amides is 1. The molecule has 2 N–H and O–H groups in total. The first-order valence-corrected chi connectivity index (χ1v) is 34.0. The lowest BCUT2D eigenvalue weighted by atomic mass is 10.0. The SMILES string of the molecule is CC/C=C\C/C=C\C/C=C\C/C=C\C/C=C\C/C=C\C/C=C\C/C=C\CCCCCCC(=O)NC(COP(=O)([O-])OCC[N+](C)(C)C)C(O)CCCCCCCCCCCCCCCCCCCCCCCCCCCCC. The molecule has 1 amide bonds. The van der Waals surface area contributed by atoms with Gasteiger partial charge < -0.3 is 28.8 Å². The molecule has 0 radical (unpaired) electrons. The normalized spacial score (nSPS) is 14.4. The highest BCUT2D eigenvalue weighted by Gasteiger charge is 2.24. The fraction of sp³-hybridized carbons (Fsp3) is 0.754. The van der Waals surface area contributed by atoms with Crippen LogP contribution in [0.15, 0.2) is 97.2 Å². The molecular formula is C69H125N2O6P. The van der Waals surface area contributed by atoms with Gasteiger partial charge in [0.2, 0.25) is 5.91 Å². The first-order valence-electron chi connectivity index (χ1n) is 32.6. The number of aliphatic hydroxyl groups excluding tert-OH is 1. The molecule has 0 aromatic rings. The summed E-state index contributed by atoms with van der Waals surface area (Å²) in [7, 11) is 1.28. The molecule has 8 nitrogen and oxygen atoms in total. The average molecular weight is 1110 g/mol. The van der Waals surface area contributed by atoms with E-state index in [-0.39, 0.29) is 19.1 Å². The molecule has 452 valence electrons. The van der Waals surface area contributed by atoms with Gasteiger partial charge in [-0.05, 0) is 77.0 Å². The topological polar surface area (TPSA) is 108 Å². The van der Waals surface area contributed by atoms with Gasteiger partial charge in [0.05, 0.1) is 39.9 Å². The van der Waals surface area contributed by atoms with Gasteiger partial charge in [-0.15, -0.1) is 0 Å². The van der Waals surface area contributed by atoms with E-state index in [1.165, 1.54) is 154 Å². The number of unbranched alkanes of at least 4 members (excludes halogenated alkanes) is 30. The lowest BCUT2D eigenvalue weighted by Gasteiger charge is -2.30. The number of rotatable bonds is 59. The van der Waals surface area contributed by atoms with Crippen LogP contribution in [-0.4, -0.2) is 68.5 Å². The predicted octanol–water partition coefficient (Wildman–Crippen LogP) is 19.9. The highest BCUT2D eigenvalue weighted by molar-refractivity contribution is 7.45. The van der Waals surface area contributed by atoms with Crippen LogP contribution in [0.4, 0.5) is 0 Å².